The quantitative estimate of drug-likeness (QED) is 0.658. The molecule has 94 valence electrons. The van der Waals surface area contributed by atoms with E-state index in [0.29, 0.717) is 5.56 Å². The largest absolute Gasteiger partial charge is 0.324 e. The van der Waals surface area contributed by atoms with Crippen LogP contribution in [0, 0.1) is 10.1 Å². The second-order valence-electron chi connectivity index (χ2n) is 3.93. The van der Waals surface area contributed by atoms with Gasteiger partial charge < -0.3 is 5.32 Å². The van der Waals surface area contributed by atoms with E-state index in [1.807, 2.05) is 4.90 Å². The normalized spacial score (nSPS) is 19.1. The van der Waals surface area contributed by atoms with Crippen LogP contribution in [-0.4, -0.2) is 42.7 Å². The van der Waals surface area contributed by atoms with E-state index in [-0.39, 0.29) is 11.0 Å². The van der Waals surface area contributed by atoms with Crippen molar-refractivity contribution in [1.29, 1.82) is 0 Å². The van der Waals surface area contributed by atoms with Crippen molar-refractivity contribution in [3.63, 3.8) is 0 Å². The summed E-state index contributed by atoms with van der Waals surface area (Å²) in [5.41, 5.74) is 0.714. The maximum Gasteiger partial charge on any atom is 0.324 e. The third kappa shape index (κ3) is 2.80. The van der Waals surface area contributed by atoms with E-state index in [2.05, 4.69) is 5.32 Å². The molecule has 1 aliphatic heterocycles. The SMILES string of the molecule is O=[N+]([O-])c1cc([C@@H](CF)N2CCNCC2)cs1. The monoisotopic (exact) mass is 259 g/mol. The van der Waals surface area contributed by atoms with E-state index < -0.39 is 11.6 Å². The molecule has 1 atom stereocenters. The summed E-state index contributed by atoms with van der Waals surface area (Å²) < 4.78 is 13.1. The smallest absolute Gasteiger partial charge is 0.314 e. The minimum atomic E-state index is -0.506. The van der Waals surface area contributed by atoms with Gasteiger partial charge in [-0.25, -0.2) is 4.39 Å². The van der Waals surface area contributed by atoms with Crippen LogP contribution in [0.3, 0.4) is 0 Å². The van der Waals surface area contributed by atoms with Crippen molar-refractivity contribution in [3.8, 4) is 0 Å². The molecule has 1 N–H and O–H groups in total. The number of nitrogens with one attached hydrogen (secondary N) is 1. The van der Waals surface area contributed by atoms with Crippen molar-refractivity contribution in [2.24, 2.45) is 0 Å². The maximum absolute atomic E-state index is 13.1. The summed E-state index contributed by atoms with van der Waals surface area (Å²) in [6.45, 7) is 2.72. The predicted octanol–water partition coefficient (Wildman–Crippen LogP) is 1.57. The van der Waals surface area contributed by atoms with Gasteiger partial charge in [-0.15, -0.1) is 0 Å². The van der Waals surface area contributed by atoms with E-state index >= 15 is 0 Å². The highest BCUT2D eigenvalue weighted by Crippen LogP contribution is 2.30. The number of piperazine rings is 1. The third-order valence-electron chi connectivity index (χ3n) is 2.91. The zero-order chi connectivity index (χ0) is 12.3. The van der Waals surface area contributed by atoms with Crippen molar-refractivity contribution in [2.45, 2.75) is 6.04 Å². The third-order valence-corrected chi connectivity index (χ3v) is 3.81. The summed E-state index contributed by atoms with van der Waals surface area (Å²) in [6.07, 6.45) is 0. The Morgan fingerprint density at radius 1 is 1.59 bits per heavy atom. The first-order valence-corrected chi connectivity index (χ1v) is 6.34. The fraction of sp³-hybridized carbons (Fsp3) is 0.600. The van der Waals surface area contributed by atoms with Gasteiger partial charge in [0.2, 0.25) is 0 Å². The van der Waals surface area contributed by atoms with Crippen molar-refractivity contribution in [1.82, 2.24) is 10.2 Å². The van der Waals surface area contributed by atoms with E-state index in [0.717, 1.165) is 37.5 Å². The van der Waals surface area contributed by atoms with Crippen LogP contribution in [-0.2, 0) is 0 Å². The molecule has 1 aromatic heterocycles. The lowest BCUT2D eigenvalue weighted by atomic mass is 10.1. The van der Waals surface area contributed by atoms with Crippen LogP contribution in [0.5, 0.6) is 0 Å². The molecule has 2 rings (SSSR count). The second kappa shape index (κ2) is 5.52. The first kappa shape index (κ1) is 12.4. The fourth-order valence-electron chi connectivity index (χ4n) is 2.00. The van der Waals surface area contributed by atoms with Crippen LogP contribution in [0.4, 0.5) is 9.39 Å². The summed E-state index contributed by atoms with van der Waals surface area (Å²) in [5.74, 6) is 0. The van der Waals surface area contributed by atoms with Gasteiger partial charge in [-0.2, -0.15) is 0 Å². The maximum atomic E-state index is 13.1. The first-order chi connectivity index (χ1) is 8.22. The van der Waals surface area contributed by atoms with Crippen LogP contribution in [0.2, 0.25) is 0 Å². The molecule has 0 aromatic carbocycles. The van der Waals surface area contributed by atoms with Gasteiger partial charge in [-0.05, 0) is 5.56 Å². The lowest BCUT2D eigenvalue weighted by molar-refractivity contribution is -0.380. The summed E-state index contributed by atoms with van der Waals surface area (Å²) >= 11 is 1.06. The summed E-state index contributed by atoms with van der Waals surface area (Å²) in [7, 11) is 0. The predicted molar refractivity (Wildman–Crippen MR) is 64.1 cm³/mol. The molecule has 0 amide bonds. The van der Waals surface area contributed by atoms with Crippen LogP contribution in [0.1, 0.15) is 11.6 Å². The number of nitro groups is 1. The Bertz CT molecular complexity index is 393. The standard InChI is InChI=1S/C10H14FN3O2S/c11-6-9(13-3-1-12-2-4-13)8-5-10(14(15)16)17-7-8/h5,7,9,12H,1-4,6H2/t9-/m1/s1. The number of hydrogen-bond donors (Lipinski definition) is 1. The van der Waals surface area contributed by atoms with Crippen LogP contribution >= 0.6 is 11.3 Å². The molecule has 1 aromatic rings. The molecular formula is C10H14FN3O2S. The Kier molecular flexibility index (Phi) is 4.03. The lowest BCUT2D eigenvalue weighted by Gasteiger charge is -2.32. The van der Waals surface area contributed by atoms with Gasteiger partial charge >= 0.3 is 5.00 Å². The Hall–Kier alpha value is -1.05. The molecule has 0 saturated carbocycles. The minimum absolute atomic E-state index is 0.0774. The minimum Gasteiger partial charge on any atom is -0.314 e. The molecular weight excluding hydrogens is 245 g/mol. The average molecular weight is 259 g/mol. The molecule has 17 heavy (non-hydrogen) atoms. The summed E-state index contributed by atoms with van der Waals surface area (Å²) in [4.78, 5) is 12.2. The van der Waals surface area contributed by atoms with Crippen molar-refractivity contribution < 1.29 is 9.31 Å². The van der Waals surface area contributed by atoms with Crippen molar-refractivity contribution in [3.05, 3.63) is 27.1 Å². The highest BCUT2D eigenvalue weighted by Gasteiger charge is 2.24. The number of halogens is 1. The Labute approximate surface area is 102 Å². The van der Waals surface area contributed by atoms with Gasteiger partial charge in [0.1, 0.15) is 6.67 Å². The molecule has 0 aliphatic carbocycles. The molecule has 1 saturated heterocycles. The summed E-state index contributed by atoms with van der Waals surface area (Å²) in [6, 6.07) is 1.14. The molecule has 0 bridgehead atoms. The topological polar surface area (TPSA) is 58.4 Å². The van der Waals surface area contributed by atoms with E-state index in [4.69, 9.17) is 0 Å². The lowest BCUT2D eigenvalue weighted by Crippen LogP contribution is -2.45. The Morgan fingerprint density at radius 3 is 2.82 bits per heavy atom. The number of rotatable bonds is 4. The second-order valence-corrected chi connectivity index (χ2v) is 4.82. The van der Waals surface area contributed by atoms with Gasteiger partial charge in [-0.1, -0.05) is 11.3 Å². The van der Waals surface area contributed by atoms with Gasteiger partial charge in [0, 0.05) is 37.6 Å². The average Bonchev–Trinajstić information content (AvgIpc) is 2.81. The van der Waals surface area contributed by atoms with Gasteiger partial charge in [0.05, 0.1) is 11.0 Å². The van der Waals surface area contributed by atoms with Crippen LogP contribution in [0.15, 0.2) is 11.4 Å². The summed E-state index contributed by atoms with van der Waals surface area (Å²) in [5, 5.41) is 15.6. The molecule has 5 nitrogen and oxygen atoms in total. The van der Waals surface area contributed by atoms with Gasteiger partial charge in [-0.3, -0.25) is 15.0 Å². The zero-order valence-electron chi connectivity index (χ0n) is 9.26. The molecule has 0 spiro atoms. The number of hydrogen-bond acceptors (Lipinski definition) is 5. The highest BCUT2D eigenvalue weighted by atomic mass is 32.1. The molecule has 1 aliphatic rings. The number of thiophene rings is 1. The molecule has 0 unspecified atom stereocenters. The Morgan fingerprint density at radius 2 is 2.29 bits per heavy atom. The fourth-order valence-corrected chi connectivity index (χ4v) is 2.77. The van der Waals surface area contributed by atoms with Gasteiger partial charge in [0.15, 0.2) is 0 Å². The van der Waals surface area contributed by atoms with E-state index in [9.17, 15) is 14.5 Å². The van der Waals surface area contributed by atoms with E-state index in [1.165, 1.54) is 6.07 Å². The molecule has 7 heteroatoms. The molecule has 2 heterocycles. The van der Waals surface area contributed by atoms with Crippen LogP contribution in [0.25, 0.3) is 0 Å². The number of alkyl halides is 1. The number of nitrogens with zero attached hydrogens (tertiary/aromatic N) is 2. The van der Waals surface area contributed by atoms with Gasteiger partial charge in [0.25, 0.3) is 0 Å². The molecule has 0 radical (unpaired) electrons. The Balaban J connectivity index is 2.12. The van der Waals surface area contributed by atoms with Crippen LogP contribution < -0.4 is 5.32 Å². The first-order valence-electron chi connectivity index (χ1n) is 5.46. The zero-order valence-corrected chi connectivity index (χ0v) is 10.1. The van der Waals surface area contributed by atoms with Crippen molar-refractivity contribution in [2.75, 3.05) is 32.9 Å². The van der Waals surface area contributed by atoms with E-state index in [1.54, 1.807) is 5.38 Å². The highest BCUT2D eigenvalue weighted by molar-refractivity contribution is 7.13. The molecule has 1 fully saturated rings. The van der Waals surface area contributed by atoms with Crippen molar-refractivity contribution >= 4 is 16.3 Å².